The van der Waals surface area contributed by atoms with E-state index in [4.69, 9.17) is 16.4 Å². The molecular formula is C17H13ClN2O5. The highest BCUT2D eigenvalue weighted by molar-refractivity contribution is 6.35. The van der Waals surface area contributed by atoms with Gasteiger partial charge in [0.2, 0.25) is 0 Å². The SMILES string of the molecule is COC(=O)c1c(O)c2c(Cl)ccnc2n(OCc2ccccc2)c1=O. The van der Waals surface area contributed by atoms with Crippen molar-refractivity contribution in [2.75, 3.05) is 7.11 Å². The van der Waals surface area contributed by atoms with Crippen LogP contribution in [-0.4, -0.2) is 27.9 Å². The average Bonchev–Trinajstić information content (AvgIpc) is 2.62. The zero-order valence-corrected chi connectivity index (χ0v) is 13.9. The molecule has 0 saturated carbocycles. The van der Waals surface area contributed by atoms with Crippen LogP contribution in [0.3, 0.4) is 0 Å². The molecule has 128 valence electrons. The first-order valence-corrected chi connectivity index (χ1v) is 7.60. The fourth-order valence-corrected chi connectivity index (χ4v) is 2.57. The Bertz CT molecular complexity index is 1000. The number of ether oxygens (including phenoxy) is 1. The Morgan fingerprint density at radius 2 is 2.00 bits per heavy atom. The van der Waals surface area contributed by atoms with Crippen molar-refractivity contribution in [2.45, 2.75) is 6.61 Å². The molecule has 3 aromatic rings. The van der Waals surface area contributed by atoms with Gasteiger partial charge in [-0.15, -0.1) is 4.73 Å². The van der Waals surface area contributed by atoms with E-state index in [1.54, 1.807) is 0 Å². The van der Waals surface area contributed by atoms with E-state index >= 15 is 0 Å². The minimum absolute atomic E-state index is 0.00131. The number of carbonyl (C=O) groups excluding carboxylic acids is 1. The first kappa shape index (κ1) is 16.8. The molecule has 0 bridgehead atoms. The highest BCUT2D eigenvalue weighted by Gasteiger charge is 2.25. The maximum absolute atomic E-state index is 12.6. The molecule has 0 aliphatic heterocycles. The number of benzene rings is 1. The Morgan fingerprint density at radius 1 is 1.28 bits per heavy atom. The molecule has 1 N–H and O–H groups in total. The van der Waals surface area contributed by atoms with Crippen LogP contribution in [0.15, 0.2) is 47.4 Å². The fourth-order valence-electron chi connectivity index (χ4n) is 2.34. The molecule has 0 aliphatic carbocycles. The molecule has 2 heterocycles. The summed E-state index contributed by atoms with van der Waals surface area (Å²) in [6.07, 6.45) is 1.36. The third-order valence-corrected chi connectivity index (χ3v) is 3.85. The largest absolute Gasteiger partial charge is 0.506 e. The number of fused-ring (bicyclic) bond motifs is 1. The zero-order chi connectivity index (χ0) is 18.0. The summed E-state index contributed by atoms with van der Waals surface area (Å²) in [7, 11) is 1.10. The van der Waals surface area contributed by atoms with Crippen LogP contribution in [0, 0.1) is 0 Å². The van der Waals surface area contributed by atoms with Crippen LogP contribution in [0.25, 0.3) is 11.0 Å². The first-order valence-electron chi connectivity index (χ1n) is 7.22. The minimum atomic E-state index is -0.999. The van der Waals surface area contributed by atoms with Gasteiger partial charge in [-0.1, -0.05) is 41.9 Å². The van der Waals surface area contributed by atoms with E-state index in [9.17, 15) is 14.7 Å². The highest BCUT2D eigenvalue weighted by atomic mass is 35.5. The number of nitrogens with zero attached hydrogens (tertiary/aromatic N) is 2. The van der Waals surface area contributed by atoms with E-state index in [1.807, 2.05) is 30.3 Å². The van der Waals surface area contributed by atoms with Crippen molar-refractivity contribution in [3.05, 3.63) is 69.1 Å². The quantitative estimate of drug-likeness (QED) is 0.717. The van der Waals surface area contributed by atoms with Crippen molar-refractivity contribution in [1.29, 1.82) is 0 Å². The number of halogens is 1. The number of hydrogen-bond acceptors (Lipinski definition) is 6. The molecule has 0 atom stereocenters. The summed E-state index contributed by atoms with van der Waals surface area (Å²) in [4.78, 5) is 34.1. The van der Waals surface area contributed by atoms with E-state index < -0.39 is 22.8 Å². The summed E-state index contributed by atoms with van der Waals surface area (Å²) in [5, 5.41) is 10.5. The molecule has 25 heavy (non-hydrogen) atoms. The second-order valence-corrected chi connectivity index (χ2v) is 5.47. The smallest absolute Gasteiger partial charge is 0.347 e. The van der Waals surface area contributed by atoms with Crippen molar-refractivity contribution in [3.8, 4) is 5.75 Å². The first-order chi connectivity index (χ1) is 12.0. The maximum Gasteiger partial charge on any atom is 0.347 e. The molecule has 2 aromatic heterocycles. The highest BCUT2D eigenvalue weighted by Crippen LogP contribution is 2.31. The van der Waals surface area contributed by atoms with Gasteiger partial charge in [0, 0.05) is 6.20 Å². The van der Waals surface area contributed by atoms with Crippen LogP contribution in [0.4, 0.5) is 0 Å². The summed E-state index contributed by atoms with van der Waals surface area (Å²) in [5.74, 6) is -1.59. The maximum atomic E-state index is 12.6. The Balaban J connectivity index is 2.21. The zero-order valence-electron chi connectivity index (χ0n) is 13.1. The minimum Gasteiger partial charge on any atom is -0.506 e. The monoisotopic (exact) mass is 360 g/mol. The van der Waals surface area contributed by atoms with Gasteiger partial charge in [0.05, 0.1) is 17.5 Å². The number of aromatic hydroxyl groups is 1. The van der Waals surface area contributed by atoms with Gasteiger partial charge in [-0.2, -0.15) is 0 Å². The summed E-state index contributed by atoms with van der Waals surface area (Å²) in [6, 6.07) is 10.6. The molecule has 0 fully saturated rings. The van der Waals surface area contributed by atoms with Gasteiger partial charge in [-0.05, 0) is 11.6 Å². The molecule has 0 aliphatic rings. The van der Waals surface area contributed by atoms with Crippen LogP contribution in [-0.2, 0) is 11.3 Å². The molecular weight excluding hydrogens is 348 g/mol. The van der Waals surface area contributed by atoms with Gasteiger partial charge >= 0.3 is 11.5 Å². The number of rotatable bonds is 4. The van der Waals surface area contributed by atoms with Gasteiger partial charge < -0.3 is 14.7 Å². The molecule has 3 rings (SSSR count). The molecule has 0 radical (unpaired) electrons. The second-order valence-electron chi connectivity index (χ2n) is 5.07. The molecule has 1 aromatic carbocycles. The molecule has 0 spiro atoms. The Hall–Kier alpha value is -3.06. The lowest BCUT2D eigenvalue weighted by Gasteiger charge is -2.14. The van der Waals surface area contributed by atoms with E-state index in [0.29, 0.717) is 0 Å². The molecule has 0 saturated heterocycles. The van der Waals surface area contributed by atoms with E-state index in [-0.39, 0.29) is 22.7 Å². The summed E-state index contributed by atoms with van der Waals surface area (Å²) < 4.78 is 5.41. The number of hydrogen-bond donors (Lipinski definition) is 1. The van der Waals surface area contributed by atoms with Gasteiger partial charge in [0.15, 0.2) is 11.2 Å². The standard InChI is InChI=1S/C17H13ClN2O5/c1-24-17(23)13-14(21)12-11(18)7-8-19-15(12)20(16(13)22)25-9-10-5-3-2-4-6-10/h2-8,21H,9H2,1H3. The Morgan fingerprint density at radius 3 is 2.68 bits per heavy atom. The summed E-state index contributed by atoms with van der Waals surface area (Å²) >= 11 is 6.10. The molecule has 0 amide bonds. The van der Waals surface area contributed by atoms with Gasteiger partial charge in [0.25, 0.3) is 0 Å². The van der Waals surface area contributed by atoms with Crippen molar-refractivity contribution >= 4 is 28.6 Å². The van der Waals surface area contributed by atoms with Gasteiger partial charge in [0.1, 0.15) is 12.4 Å². The molecule has 0 unspecified atom stereocenters. The topological polar surface area (TPSA) is 90.7 Å². The van der Waals surface area contributed by atoms with Crippen molar-refractivity contribution in [3.63, 3.8) is 0 Å². The number of esters is 1. The lowest BCUT2D eigenvalue weighted by molar-refractivity contribution is 0.0580. The van der Waals surface area contributed by atoms with Crippen LogP contribution in [0.5, 0.6) is 5.75 Å². The Labute approximate surface area is 147 Å². The van der Waals surface area contributed by atoms with Crippen molar-refractivity contribution in [1.82, 2.24) is 9.71 Å². The van der Waals surface area contributed by atoms with Crippen LogP contribution < -0.4 is 10.4 Å². The van der Waals surface area contributed by atoms with Crippen LogP contribution in [0.1, 0.15) is 15.9 Å². The summed E-state index contributed by atoms with van der Waals surface area (Å²) in [5.41, 5.74) is -0.656. The van der Waals surface area contributed by atoms with Crippen LogP contribution >= 0.6 is 11.6 Å². The summed E-state index contributed by atoms with van der Waals surface area (Å²) in [6.45, 7) is 0.0510. The average molecular weight is 361 g/mol. The third-order valence-electron chi connectivity index (χ3n) is 3.54. The molecule has 7 nitrogen and oxygen atoms in total. The number of carbonyl (C=O) groups is 1. The van der Waals surface area contributed by atoms with Crippen molar-refractivity contribution < 1.29 is 19.5 Å². The molecule has 8 heteroatoms. The predicted octanol–water partition coefficient (Wildman–Crippen LogP) is 2.17. The van der Waals surface area contributed by atoms with Gasteiger partial charge in [-0.3, -0.25) is 4.79 Å². The van der Waals surface area contributed by atoms with Crippen LogP contribution in [0.2, 0.25) is 5.02 Å². The predicted molar refractivity (Wildman–Crippen MR) is 90.7 cm³/mol. The van der Waals surface area contributed by atoms with E-state index in [1.165, 1.54) is 12.3 Å². The number of methoxy groups -OCH3 is 1. The third kappa shape index (κ3) is 3.01. The fraction of sp³-hybridized carbons (Fsp3) is 0.118. The van der Waals surface area contributed by atoms with Gasteiger partial charge in [-0.25, -0.2) is 9.78 Å². The van der Waals surface area contributed by atoms with E-state index in [0.717, 1.165) is 17.4 Å². The number of aromatic nitrogens is 2. The lowest BCUT2D eigenvalue weighted by Crippen LogP contribution is -2.32. The van der Waals surface area contributed by atoms with Crippen molar-refractivity contribution in [2.24, 2.45) is 0 Å². The Kier molecular flexibility index (Phi) is 4.58. The number of pyridine rings is 2. The van der Waals surface area contributed by atoms with E-state index in [2.05, 4.69) is 9.72 Å². The second kappa shape index (κ2) is 6.82. The normalized spacial score (nSPS) is 10.6. The lowest BCUT2D eigenvalue weighted by atomic mass is 10.2.